The fraction of sp³-hybridized carbons (Fsp3) is 0.417. The maximum atomic E-state index is 9.08. The first-order chi connectivity index (χ1) is 11.0. The summed E-state index contributed by atoms with van der Waals surface area (Å²) in [6.45, 7) is -4.86. The van der Waals surface area contributed by atoms with Crippen LogP contribution in [0, 0.1) is 13.7 Å². The highest BCUT2D eigenvalue weighted by molar-refractivity contribution is 7.09. The lowest BCUT2D eigenvalue weighted by atomic mass is 10.2. The monoisotopic (exact) mass is 342 g/mol. The minimum Gasteiger partial charge on any atom is -1.00 e. The molecule has 0 aliphatic rings. The molecule has 0 saturated heterocycles. The molecule has 5 nitrogen and oxygen atoms in total. The van der Waals surface area contributed by atoms with E-state index in [1.807, 2.05) is 0 Å². The predicted molar refractivity (Wildman–Crippen MR) is 77.6 cm³/mol. The van der Waals surface area contributed by atoms with Gasteiger partial charge in [-0.2, -0.15) is 4.57 Å². The van der Waals surface area contributed by atoms with Crippen molar-refractivity contribution in [1.29, 1.82) is 0 Å². The molecule has 3 N–H and O–H groups in total. The molecule has 2 aromatic rings. The molecule has 0 amide bonds. The molecule has 0 saturated carbocycles. The van der Waals surface area contributed by atoms with Crippen LogP contribution in [0.5, 0.6) is 0 Å². The highest BCUT2D eigenvalue weighted by Crippen LogP contribution is 2.13. The molecule has 112 valence electrons. The zero-order chi connectivity index (χ0) is 18.1. The smallest absolute Gasteiger partial charge is 0.225 e. The molecular formula is C12H18Cl2N4OS. The lowest BCUT2D eigenvalue weighted by molar-refractivity contribution is -0.689. The molecule has 0 radical (unpaired) electrons. The standard InChI is InChI=1S/C12H17N4OS.2ClH/c1-8-11(3-4-17)18-7-16(8)6-10-5-14-9(2)15-12(10)13;;/h5,7,17H,3-4,6H2,1-2H3,(H2,13,14,15);2*1H/q+1;;/p-1/i1D3,2D3;;. The van der Waals surface area contributed by atoms with Gasteiger partial charge in [0, 0.05) is 34.3 Å². The number of rotatable bonds is 4. The number of aliphatic hydroxyl groups is 1. The first-order valence-electron chi connectivity index (χ1n) is 8.27. The van der Waals surface area contributed by atoms with E-state index in [0.29, 0.717) is 10.4 Å². The SMILES string of the molecule is Cl.[2H]C([2H])([2H])c1ncc(C[n+]2csc(CCO)c2C([2H])([2H])[2H])c(N)n1.[Cl-]. The van der Waals surface area contributed by atoms with Gasteiger partial charge in [0.15, 0.2) is 12.2 Å². The van der Waals surface area contributed by atoms with Crippen molar-refractivity contribution in [2.45, 2.75) is 26.7 Å². The topological polar surface area (TPSA) is 75.9 Å². The molecule has 0 unspecified atom stereocenters. The van der Waals surface area contributed by atoms with Crippen LogP contribution in [-0.2, 0) is 13.0 Å². The average molecular weight is 343 g/mol. The summed E-state index contributed by atoms with van der Waals surface area (Å²) < 4.78 is 46.4. The third-order valence-corrected chi connectivity index (χ3v) is 3.49. The Hall–Kier alpha value is -0.950. The minimum absolute atomic E-state index is 0. The van der Waals surface area contributed by atoms with Gasteiger partial charge in [-0.15, -0.1) is 12.4 Å². The second kappa shape index (κ2) is 8.36. The van der Waals surface area contributed by atoms with Crippen molar-refractivity contribution in [3.05, 3.63) is 33.7 Å². The molecule has 2 aromatic heterocycles. The number of aryl methyl sites for hydroxylation is 1. The predicted octanol–water partition coefficient (Wildman–Crippen LogP) is -1.97. The molecule has 0 atom stereocenters. The van der Waals surface area contributed by atoms with Crippen LogP contribution in [0.3, 0.4) is 0 Å². The number of halogens is 2. The largest absolute Gasteiger partial charge is 1.00 e. The van der Waals surface area contributed by atoms with Crippen molar-refractivity contribution in [3.63, 3.8) is 0 Å². The molecule has 0 bridgehead atoms. The number of nitrogens with zero attached hydrogens (tertiary/aromatic N) is 3. The Labute approximate surface area is 143 Å². The zero-order valence-electron chi connectivity index (χ0n) is 16.3. The number of nitrogen functional groups attached to an aromatic ring is 1. The first kappa shape index (κ1) is 10.7. The van der Waals surface area contributed by atoms with Gasteiger partial charge in [-0.05, 0) is 6.85 Å². The zero-order valence-corrected chi connectivity index (χ0v) is 12.7. The van der Waals surface area contributed by atoms with E-state index in [4.69, 9.17) is 19.1 Å². The van der Waals surface area contributed by atoms with E-state index in [2.05, 4.69) is 9.97 Å². The molecular weight excluding hydrogens is 319 g/mol. The van der Waals surface area contributed by atoms with Crippen molar-refractivity contribution in [2.24, 2.45) is 0 Å². The Balaban J connectivity index is 0.00000312. The average Bonchev–Trinajstić information content (AvgIpc) is 2.83. The molecule has 8 heteroatoms. The Kier molecular flexibility index (Phi) is 4.49. The van der Waals surface area contributed by atoms with E-state index < -0.39 is 13.7 Å². The Morgan fingerprint density at radius 2 is 2.30 bits per heavy atom. The fourth-order valence-corrected chi connectivity index (χ4v) is 2.39. The molecule has 0 fully saturated rings. The van der Waals surface area contributed by atoms with E-state index in [1.165, 1.54) is 22.1 Å². The highest BCUT2D eigenvalue weighted by Gasteiger charge is 2.16. The summed E-state index contributed by atoms with van der Waals surface area (Å²) in [4.78, 5) is 8.15. The van der Waals surface area contributed by atoms with Crippen LogP contribution >= 0.6 is 23.7 Å². The van der Waals surface area contributed by atoms with Gasteiger partial charge < -0.3 is 23.2 Å². The molecule has 20 heavy (non-hydrogen) atoms. The second-order valence-corrected chi connectivity index (χ2v) is 4.64. The van der Waals surface area contributed by atoms with Crippen LogP contribution in [0.1, 0.15) is 30.2 Å². The van der Waals surface area contributed by atoms with Crippen molar-refractivity contribution < 1.29 is 30.3 Å². The van der Waals surface area contributed by atoms with Crippen LogP contribution in [0.25, 0.3) is 0 Å². The maximum absolute atomic E-state index is 9.08. The second-order valence-electron chi connectivity index (χ2n) is 3.70. The molecule has 2 heterocycles. The van der Waals surface area contributed by atoms with Gasteiger partial charge in [-0.3, -0.25) is 0 Å². The Morgan fingerprint density at radius 3 is 2.90 bits per heavy atom. The molecule has 2 rings (SSSR count). The minimum atomic E-state index is -2.46. The number of thiazole rings is 1. The van der Waals surface area contributed by atoms with Gasteiger partial charge in [-0.25, -0.2) is 9.97 Å². The van der Waals surface area contributed by atoms with Crippen molar-refractivity contribution in [3.8, 4) is 0 Å². The summed E-state index contributed by atoms with van der Waals surface area (Å²) in [5.74, 6) is -0.355. The number of aliphatic hydroxyl groups excluding tert-OH is 1. The number of hydrogen-bond acceptors (Lipinski definition) is 5. The lowest BCUT2D eigenvalue weighted by Gasteiger charge is -2.01. The summed E-state index contributed by atoms with van der Waals surface area (Å²) in [6, 6.07) is 0. The molecule has 0 spiro atoms. The summed E-state index contributed by atoms with van der Waals surface area (Å²) in [7, 11) is 0. The summed E-state index contributed by atoms with van der Waals surface area (Å²) >= 11 is 1.23. The fourth-order valence-electron chi connectivity index (χ4n) is 1.52. The maximum Gasteiger partial charge on any atom is 0.225 e. The summed E-state index contributed by atoms with van der Waals surface area (Å²) in [5, 5.41) is 9.08. The normalized spacial score (nSPS) is 15.4. The number of hydrogen-bond donors (Lipinski definition) is 2. The lowest BCUT2D eigenvalue weighted by Crippen LogP contribution is -3.00. The van der Waals surface area contributed by atoms with Crippen LogP contribution in [-0.4, -0.2) is 21.7 Å². The number of aromatic nitrogens is 3. The van der Waals surface area contributed by atoms with Crippen molar-refractivity contribution in [1.82, 2.24) is 9.97 Å². The Morgan fingerprint density at radius 1 is 1.50 bits per heavy atom. The first-order valence-corrected chi connectivity index (χ1v) is 6.15. The van der Waals surface area contributed by atoms with Crippen LogP contribution < -0.4 is 22.7 Å². The van der Waals surface area contributed by atoms with E-state index in [0.717, 1.165) is 0 Å². The quantitative estimate of drug-likeness (QED) is 0.632. The third kappa shape index (κ3) is 4.28. The van der Waals surface area contributed by atoms with E-state index in [-0.39, 0.29) is 61.7 Å². The molecule has 0 aliphatic heterocycles. The summed E-state index contributed by atoms with van der Waals surface area (Å²) in [5.41, 5.74) is 7.98. The Bertz CT molecular complexity index is 737. The van der Waals surface area contributed by atoms with Crippen molar-refractivity contribution in [2.75, 3.05) is 12.3 Å². The van der Waals surface area contributed by atoms with Crippen molar-refractivity contribution >= 4 is 29.6 Å². The van der Waals surface area contributed by atoms with Gasteiger partial charge in [0.25, 0.3) is 0 Å². The van der Waals surface area contributed by atoms with Crippen LogP contribution in [0.4, 0.5) is 5.82 Å². The number of anilines is 1. The summed E-state index contributed by atoms with van der Waals surface area (Å²) in [6.07, 6.45) is 1.54. The van der Waals surface area contributed by atoms with E-state index >= 15 is 0 Å². The van der Waals surface area contributed by atoms with Crippen LogP contribution in [0.2, 0.25) is 0 Å². The van der Waals surface area contributed by atoms with Gasteiger partial charge in [0.2, 0.25) is 5.51 Å². The van der Waals surface area contributed by atoms with Gasteiger partial charge in [0.1, 0.15) is 11.6 Å². The van der Waals surface area contributed by atoms with Gasteiger partial charge in [-0.1, -0.05) is 11.3 Å². The van der Waals surface area contributed by atoms with Gasteiger partial charge >= 0.3 is 0 Å². The van der Waals surface area contributed by atoms with E-state index in [9.17, 15) is 0 Å². The van der Waals surface area contributed by atoms with Gasteiger partial charge in [0.05, 0.1) is 10.4 Å². The number of nitrogens with two attached hydrogens (primary N) is 1. The third-order valence-electron chi connectivity index (χ3n) is 2.45. The molecule has 0 aromatic carbocycles. The van der Waals surface area contributed by atoms with E-state index in [1.54, 1.807) is 5.51 Å². The molecule has 0 aliphatic carbocycles. The highest BCUT2D eigenvalue weighted by atomic mass is 35.5. The van der Waals surface area contributed by atoms with Crippen LogP contribution in [0.15, 0.2) is 11.7 Å².